The third kappa shape index (κ3) is 5.44. The maximum absolute atomic E-state index is 11.9. The monoisotopic (exact) mass is 319 g/mol. The van der Waals surface area contributed by atoms with Gasteiger partial charge in [0.05, 0.1) is 6.04 Å². The molecular formula is C17H18ClNOS. The fourth-order valence-corrected chi connectivity index (χ4v) is 2.91. The van der Waals surface area contributed by atoms with Gasteiger partial charge in [0.25, 0.3) is 0 Å². The van der Waals surface area contributed by atoms with Crippen LogP contribution in [0.25, 0.3) is 0 Å². The Hall–Kier alpha value is -1.45. The number of benzene rings is 2. The Morgan fingerprint density at radius 3 is 2.48 bits per heavy atom. The van der Waals surface area contributed by atoms with Crippen LogP contribution in [0.2, 0.25) is 5.02 Å². The fourth-order valence-electron chi connectivity index (χ4n) is 1.93. The van der Waals surface area contributed by atoms with Crippen LogP contribution in [-0.4, -0.2) is 11.7 Å². The van der Waals surface area contributed by atoms with Crippen molar-refractivity contribution in [2.75, 3.05) is 5.75 Å². The number of thioether (sulfide) groups is 1. The number of nitrogens with one attached hydrogen (secondary N) is 1. The van der Waals surface area contributed by atoms with Gasteiger partial charge in [-0.25, -0.2) is 0 Å². The lowest BCUT2D eigenvalue weighted by atomic mass is 10.1. The standard InChI is InChI=1S/C17H18ClNOS/c1-13(14-5-3-2-4-6-14)19-17(20)11-12-21-16-9-7-15(18)8-10-16/h2-10,13H,11-12H2,1H3,(H,19,20). The van der Waals surface area contributed by atoms with Crippen molar-refractivity contribution < 1.29 is 4.79 Å². The zero-order chi connectivity index (χ0) is 15.1. The van der Waals surface area contributed by atoms with Crippen molar-refractivity contribution in [2.45, 2.75) is 24.3 Å². The van der Waals surface area contributed by atoms with Gasteiger partial charge in [0.1, 0.15) is 0 Å². The molecule has 2 rings (SSSR count). The Bertz CT molecular complexity index is 571. The Kier molecular flexibility index (Phi) is 6.15. The smallest absolute Gasteiger partial charge is 0.221 e. The summed E-state index contributed by atoms with van der Waals surface area (Å²) in [6.07, 6.45) is 0.504. The van der Waals surface area contributed by atoms with Crippen LogP contribution in [0, 0.1) is 0 Å². The predicted octanol–water partition coefficient (Wildman–Crippen LogP) is 4.70. The average Bonchev–Trinajstić information content (AvgIpc) is 2.50. The van der Waals surface area contributed by atoms with Crippen molar-refractivity contribution in [3.63, 3.8) is 0 Å². The summed E-state index contributed by atoms with van der Waals surface area (Å²) in [5, 5.41) is 3.75. The first-order chi connectivity index (χ1) is 10.1. The van der Waals surface area contributed by atoms with E-state index in [1.54, 1.807) is 11.8 Å². The number of carbonyl (C=O) groups excluding carboxylic acids is 1. The van der Waals surface area contributed by atoms with Crippen LogP contribution in [-0.2, 0) is 4.79 Å². The zero-order valence-corrected chi connectivity index (χ0v) is 13.5. The van der Waals surface area contributed by atoms with Crippen LogP contribution in [0.4, 0.5) is 0 Å². The number of hydrogen-bond donors (Lipinski definition) is 1. The van der Waals surface area contributed by atoms with E-state index in [0.717, 1.165) is 21.2 Å². The van der Waals surface area contributed by atoms with Gasteiger partial charge in [0.2, 0.25) is 5.91 Å². The highest BCUT2D eigenvalue weighted by molar-refractivity contribution is 7.99. The lowest BCUT2D eigenvalue weighted by Crippen LogP contribution is -2.26. The molecule has 0 radical (unpaired) electrons. The molecule has 110 valence electrons. The molecule has 0 spiro atoms. The third-order valence-electron chi connectivity index (χ3n) is 3.09. The minimum absolute atomic E-state index is 0.0410. The van der Waals surface area contributed by atoms with Crippen molar-refractivity contribution in [1.29, 1.82) is 0 Å². The highest BCUT2D eigenvalue weighted by Crippen LogP contribution is 2.21. The molecule has 0 bridgehead atoms. The van der Waals surface area contributed by atoms with Gasteiger partial charge in [-0.05, 0) is 36.8 Å². The molecule has 21 heavy (non-hydrogen) atoms. The summed E-state index contributed by atoms with van der Waals surface area (Å²) in [4.78, 5) is 13.1. The molecule has 1 N–H and O–H groups in total. The molecule has 1 unspecified atom stereocenters. The molecule has 0 fully saturated rings. The molecule has 0 heterocycles. The van der Waals surface area contributed by atoms with Crippen LogP contribution in [0.1, 0.15) is 24.9 Å². The largest absolute Gasteiger partial charge is 0.350 e. The topological polar surface area (TPSA) is 29.1 Å². The van der Waals surface area contributed by atoms with Crippen LogP contribution in [0.3, 0.4) is 0 Å². The van der Waals surface area contributed by atoms with Crippen molar-refractivity contribution in [1.82, 2.24) is 5.32 Å². The van der Waals surface area contributed by atoms with Gasteiger partial charge in [-0.15, -0.1) is 11.8 Å². The van der Waals surface area contributed by atoms with Gasteiger partial charge in [0, 0.05) is 22.1 Å². The van der Waals surface area contributed by atoms with Crippen LogP contribution >= 0.6 is 23.4 Å². The predicted molar refractivity (Wildman–Crippen MR) is 89.8 cm³/mol. The fraction of sp³-hybridized carbons (Fsp3) is 0.235. The van der Waals surface area contributed by atoms with E-state index in [4.69, 9.17) is 11.6 Å². The molecule has 2 nitrogen and oxygen atoms in total. The van der Waals surface area contributed by atoms with E-state index in [1.807, 2.05) is 61.5 Å². The Morgan fingerprint density at radius 2 is 1.81 bits per heavy atom. The van der Waals surface area contributed by atoms with Gasteiger partial charge < -0.3 is 5.32 Å². The normalized spacial score (nSPS) is 11.9. The van der Waals surface area contributed by atoms with Crippen molar-refractivity contribution in [3.8, 4) is 0 Å². The van der Waals surface area contributed by atoms with E-state index in [0.29, 0.717) is 6.42 Å². The SMILES string of the molecule is CC(NC(=O)CCSc1ccc(Cl)cc1)c1ccccc1. The first kappa shape index (κ1) is 15.9. The number of halogens is 1. The Labute approximate surface area is 134 Å². The van der Waals surface area contributed by atoms with Crippen molar-refractivity contribution >= 4 is 29.3 Å². The summed E-state index contributed by atoms with van der Waals surface area (Å²) in [7, 11) is 0. The van der Waals surface area contributed by atoms with Crippen LogP contribution in [0.15, 0.2) is 59.5 Å². The first-order valence-corrected chi connectivity index (χ1v) is 8.24. The van der Waals surface area contributed by atoms with E-state index in [-0.39, 0.29) is 11.9 Å². The molecule has 4 heteroatoms. The lowest BCUT2D eigenvalue weighted by molar-refractivity contribution is -0.121. The lowest BCUT2D eigenvalue weighted by Gasteiger charge is -2.14. The summed E-state index contributed by atoms with van der Waals surface area (Å²) in [5.74, 6) is 0.836. The quantitative estimate of drug-likeness (QED) is 0.782. The average molecular weight is 320 g/mol. The summed E-state index contributed by atoms with van der Waals surface area (Å²) in [6.45, 7) is 2.00. The van der Waals surface area contributed by atoms with E-state index in [9.17, 15) is 4.79 Å². The molecule has 2 aromatic rings. The second-order valence-corrected chi connectivity index (χ2v) is 6.36. The molecule has 0 aromatic heterocycles. The van der Waals surface area contributed by atoms with E-state index in [2.05, 4.69) is 5.32 Å². The maximum atomic E-state index is 11.9. The van der Waals surface area contributed by atoms with Crippen LogP contribution in [0.5, 0.6) is 0 Å². The molecule has 2 aromatic carbocycles. The van der Waals surface area contributed by atoms with Gasteiger partial charge in [-0.1, -0.05) is 41.9 Å². The summed E-state index contributed by atoms with van der Waals surface area (Å²) in [5.41, 5.74) is 1.12. The minimum Gasteiger partial charge on any atom is -0.350 e. The molecule has 0 aliphatic heterocycles. The second-order valence-electron chi connectivity index (χ2n) is 4.75. The summed E-state index contributed by atoms with van der Waals surface area (Å²) >= 11 is 7.50. The highest BCUT2D eigenvalue weighted by Gasteiger charge is 2.08. The van der Waals surface area contributed by atoms with E-state index >= 15 is 0 Å². The van der Waals surface area contributed by atoms with Gasteiger partial charge >= 0.3 is 0 Å². The van der Waals surface area contributed by atoms with Crippen molar-refractivity contribution in [2.24, 2.45) is 0 Å². The van der Waals surface area contributed by atoms with Gasteiger partial charge in [-0.2, -0.15) is 0 Å². The molecule has 0 saturated heterocycles. The van der Waals surface area contributed by atoms with E-state index < -0.39 is 0 Å². The second kappa shape index (κ2) is 8.11. The minimum atomic E-state index is 0.0410. The third-order valence-corrected chi connectivity index (χ3v) is 4.35. The molecule has 0 saturated carbocycles. The van der Waals surface area contributed by atoms with E-state index in [1.165, 1.54) is 0 Å². The first-order valence-electron chi connectivity index (χ1n) is 6.88. The summed E-state index contributed by atoms with van der Waals surface area (Å²) < 4.78 is 0. The maximum Gasteiger partial charge on any atom is 0.221 e. The number of rotatable bonds is 6. The number of hydrogen-bond acceptors (Lipinski definition) is 2. The van der Waals surface area contributed by atoms with Gasteiger partial charge in [-0.3, -0.25) is 4.79 Å². The molecule has 0 aliphatic carbocycles. The van der Waals surface area contributed by atoms with Crippen molar-refractivity contribution in [3.05, 3.63) is 65.2 Å². The highest BCUT2D eigenvalue weighted by atomic mass is 35.5. The Morgan fingerprint density at radius 1 is 1.14 bits per heavy atom. The number of amides is 1. The zero-order valence-electron chi connectivity index (χ0n) is 11.9. The molecule has 1 atom stereocenters. The molecular weight excluding hydrogens is 302 g/mol. The van der Waals surface area contributed by atoms with Crippen LogP contribution < -0.4 is 5.32 Å². The summed E-state index contributed by atoms with van der Waals surface area (Å²) in [6, 6.07) is 17.7. The molecule has 1 amide bonds. The molecule has 0 aliphatic rings. The van der Waals surface area contributed by atoms with Gasteiger partial charge in [0.15, 0.2) is 0 Å². The number of carbonyl (C=O) groups is 1. The Balaban J connectivity index is 1.73.